The van der Waals surface area contributed by atoms with E-state index >= 15 is 8.78 Å². The number of anilines is 1. The fourth-order valence-electron chi connectivity index (χ4n) is 7.27. The first kappa shape index (κ1) is 46.4. The van der Waals surface area contributed by atoms with Gasteiger partial charge in [-0.15, -0.1) is 0 Å². The number of Topliss-reactive ketones (excluding diaryl/α,β-unsaturated/α-hetero) is 2. The molecular weight excluding hydrogens is 896 g/mol. The highest BCUT2D eigenvalue weighted by Gasteiger charge is 2.56. The number of amides is 1. The maximum Gasteiger partial charge on any atom is 0.333 e. The van der Waals surface area contributed by atoms with Crippen molar-refractivity contribution in [3.8, 4) is 12.1 Å². The standard InChI is InChI=1S/C40H42F2N10O11P2/c1-22(2)25(53)15-24-16-26(54)31-37(49-24)52(20-47-31)39-29(41)33-28(61-39)18-59-65(3,58-14-8-12-44)63-34-27(17-57-64(62-33)56-13-7-11-43)60-40(30(34)42)51-21-48-32-35(45-19-46-36(32)51)50-38(55)23-9-5-4-6-10-23/h4-6,9-10,19-22,27-30,33-34,39-40H,3,7-8,13-18H2,1-2H3,(H,45,46,50,55)/t27?,28-,29-,30-,33-,34-,39-,40-,64?,65?/m1/s1. The monoisotopic (exact) mass is 938 g/mol. The second kappa shape index (κ2) is 20.1. The van der Waals surface area contributed by atoms with Gasteiger partial charge in [0, 0.05) is 23.6 Å². The van der Waals surface area contributed by atoms with Crippen molar-refractivity contribution in [1.29, 1.82) is 10.5 Å². The summed E-state index contributed by atoms with van der Waals surface area (Å²) in [5.41, 5.74) is 0.841. The molecule has 0 spiro atoms. The summed E-state index contributed by atoms with van der Waals surface area (Å²) in [4.78, 5) is 60.2. The van der Waals surface area contributed by atoms with Crippen molar-refractivity contribution in [2.24, 2.45) is 10.9 Å². The molecule has 7 heterocycles. The first-order valence-electron chi connectivity index (χ1n) is 20.4. The fourth-order valence-corrected chi connectivity index (χ4v) is 9.99. The van der Waals surface area contributed by atoms with Crippen LogP contribution < -0.4 is 5.32 Å². The van der Waals surface area contributed by atoms with Crippen LogP contribution in [0.5, 0.6) is 0 Å². The molecule has 65 heavy (non-hydrogen) atoms. The lowest BCUT2D eigenvalue weighted by molar-refractivity contribution is -0.120. The Morgan fingerprint density at radius 3 is 2.45 bits per heavy atom. The molecule has 4 aromatic rings. The molecule has 3 fully saturated rings. The Kier molecular flexibility index (Phi) is 14.4. The van der Waals surface area contributed by atoms with Crippen LogP contribution in [-0.2, 0) is 41.4 Å². The van der Waals surface area contributed by atoms with Gasteiger partial charge >= 0.3 is 8.60 Å². The topological polar surface area (TPSA) is 258 Å². The van der Waals surface area contributed by atoms with Gasteiger partial charge in [-0.3, -0.25) is 23.5 Å². The number of imidazole rings is 2. The molecule has 1 N–H and O–H groups in total. The van der Waals surface area contributed by atoms with E-state index in [4.69, 9.17) is 36.6 Å². The van der Waals surface area contributed by atoms with Gasteiger partial charge in [0.25, 0.3) is 13.9 Å². The number of ketones is 2. The number of rotatable bonds is 13. The maximum absolute atomic E-state index is 17.1. The van der Waals surface area contributed by atoms with Gasteiger partial charge in [0.05, 0.1) is 57.3 Å². The number of aromatic nitrogens is 6. The number of aliphatic imine (C=N–C) groups is 1. The van der Waals surface area contributed by atoms with Crippen LogP contribution in [0.15, 0.2) is 54.3 Å². The van der Waals surface area contributed by atoms with Crippen LogP contribution in [0.2, 0.25) is 0 Å². The van der Waals surface area contributed by atoms with E-state index in [1.807, 2.05) is 12.1 Å². The molecular formula is C40H42F2N10O11P2. The Hall–Kier alpha value is -5.16. The fraction of sp³-hybridized carbons (Fsp3) is 0.475. The van der Waals surface area contributed by atoms with Gasteiger partial charge in [0.2, 0.25) is 0 Å². The normalized spacial score (nSPS) is 29.1. The second-order valence-corrected chi connectivity index (χ2v) is 18.5. The molecule has 25 heteroatoms. The largest absolute Gasteiger partial charge is 0.346 e. The molecule has 1 amide bonds. The third-order valence-corrected chi connectivity index (χ3v) is 13.4. The summed E-state index contributed by atoms with van der Waals surface area (Å²) in [5, 5.41) is 21.3. The highest BCUT2D eigenvalue weighted by Crippen LogP contribution is 2.64. The molecule has 3 saturated heterocycles. The zero-order valence-corrected chi connectivity index (χ0v) is 36.6. The van der Waals surface area contributed by atoms with Crippen LogP contribution in [-0.4, -0.2) is 115 Å². The number of carbonyl (C=O) groups excluding carboxylic acids is 3. The molecule has 3 aromatic heterocycles. The lowest BCUT2D eigenvalue weighted by Gasteiger charge is -2.32. The summed E-state index contributed by atoms with van der Waals surface area (Å²) in [6.45, 7) is 6.07. The number of alkyl halides is 2. The Bertz CT molecular complexity index is 2520. The third kappa shape index (κ3) is 10.0. The first-order valence-corrected chi connectivity index (χ1v) is 23.2. The zero-order valence-electron chi connectivity index (χ0n) is 34.8. The van der Waals surface area contributed by atoms with Crippen molar-refractivity contribution in [2.75, 3.05) is 31.7 Å². The van der Waals surface area contributed by atoms with Crippen LogP contribution in [0.3, 0.4) is 0 Å². The molecule has 342 valence electrons. The Morgan fingerprint density at radius 2 is 1.69 bits per heavy atom. The molecule has 0 aliphatic carbocycles. The van der Waals surface area contributed by atoms with Gasteiger partial charge in [-0.25, -0.2) is 42.8 Å². The van der Waals surface area contributed by atoms with Gasteiger partial charge in [0.15, 0.2) is 65.2 Å². The summed E-state index contributed by atoms with van der Waals surface area (Å²) in [6.07, 6.45) is -9.47. The number of hydrogen-bond acceptors (Lipinski definition) is 18. The van der Waals surface area contributed by atoms with Crippen molar-refractivity contribution in [2.45, 2.75) is 88.7 Å². The predicted octanol–water partition coefficient (Wildman–Crippen LogP) is 6.18. The maximum atomic E-state index is 17.1. The number of nitrogens with zero attached hydrogens (tertiary/aromatic N) is 9. The van der Waals surface area contributed by atoms with Crippen molar-refractivity contribution in [3.63, 3.8) is 0 Å². The average Bonchev–Trinajstić information content (AvgIpc) is 4.06. The second-order valence-electron chi connectivity index (χ2n) is 15.3. The number of carbonyl (C=O) groups is 3. The Morgan fingerprint density at radius 1 is 0.985 bits per heavy atom. The third-order valence-electron chi connectivity index (χ3n) is 10.6. The smallest absolute Gasteiger partial charge is 0.333 e. The Labute approximate surface area is 371 Å². The van der Waals surface area contributed by atoms with Crippen LogP contribution in [0, 0.1) is 35.2 Å². The zero-order chi connectivity index (χ0) is 45.8. The number of halogens is 2. The van der Waals surface area contributed by atoms with Crippen LogP contribution in [0.4, 0.5) is 20.4 Å². The molecule has 21 nitrogen and oxygen atoms in total. The predicted molar refractivity (Wildman–Crippen MR) is 223 cm³/mol. The van der Waals surface area contributed by atoms with E-state index in [9.17, 15) is 24.9 Å². The van der Waals surface area contributed by atoms with Crippen molar-refractivity contribution in [3.05, 3.63) is 67.2 Å². The molecule has 8 rings (SSSR count). The summed E-state index contributed by atoms with van der Waals surface area (Å²) in [6, 6.07) is 12.3. The number of fused-ring (bicyclic) bond motifs is 4. The van der Waals surface area contributed by atoms with E-state index in [1.54, 1.807) is 44.2 Å². The molecule has 4 aliphatic rings. The van der Waals surface area contributed by atoms with Gasteiger partial charge in [-0.1, -0.05) is 38.7 Å². The van der Waals surface area contributed by atoms with Gasteiger partial charge in [-0.2, -0.15) is 15.0 Å². The molecule has 0 bridgehead atoms. The van der Waals surface area contributed by atoms with Crippen LogP contribution in [0.1, 0.15) is 72.8 Å². The molecule has 0 saturated carbocycles. The van der Waals surface area contributed by atoms with Crippen LogP contribution in [0.25, 0.3) is 11.2 Å². The van der Waals surface area contributed by atoms with Crippen LogP contribution >= 0.6 is 16.5 Å². The first-order chi connectivity index (χ1) is 31.4. The summed E-state index contributed by atoms with van der Waals surface area (Å²) in [7, 11) is -6.44. The summed E-state index contributed by atoms with van der Waals surface area (Å²) in [5.74, 6) is -1.27. The van der Waals surface area contributed by atoms with E-state index in [-0.39, 0.29) is 84.8 Å². The highest BCUT2D eigenvalue weighted by molar-refractivity contribution is 7.62. The molecule has 3 unspecified atom stereocenters. The van der Waals surface area contributed by atoms with E-state index in [2.05, 4.69) is 36.9 Å². The molecule has 10 atom stereocenters. The average molecular weight is 939 g/mol. The summed E-state index contributed by atoms with van der Waals surface area (Å²) < 4.78 is 85.5. The minimum Gasteiger partial charge on any atom is -0.346 e. The Balaban J connectivity index is 1.08. The van der Waals surface area contributed by atoms with Crippen molar-refractivity contribution >= 4 is 62.5 Å². The molecule has 4 aliphatic heterocycles. The SMILES string of the molecule is [CH2-][P+]1(OCCC#N)OC[C@H]2O[C@@H](n3cnc4c3N=C(CC(=O)C(C)C)CC4=O)[C@H](F)[C@@H]2OP(OCCC#N)OCC2O[C@@H](n3cnc4c(NC(=O)c5ccccc5)ncnc43)[C@H](F)[C@@H]2O1. The highest BCUT2D eigenvalue weighted by atomic mass is 31.2. The number of nitrogens with one attached hydrogen (secondary N) is 1. The van der Waals surface area contributed by atoms with Gasteiger partial charge < -0.3 is 28.4 Å². The van der Waals surface area contributed by atoms with Crippen molar-refractivity contribution in [1.82, 2.24) is 29.1 Å². The van der Waals surface area contributed by atoms with E-state index in [1.165, 1.54) is 28.1 Å². The lowest BCUT2D eigenvalue weighted by Crippen LogP contribution is -2.38. The van der Waals surface area contributed by atoms with E-state index in [0.29, 0.717) is 5.56 Å². The number of hydrogen-bond donors (Lipinski definition) is 1. The van der Waals surface area contributed by atoms with Crippen molar-refractivity contribution < 1.29 is 59.8 Å². The van der Waals surface area contributed by atoms with E-state index < -0.39 is 90.7 Å². The molecule has 0 radical (unpaired) electrons. The summed E-state index contributed by atoms with van der Waals surface area (Å²) >= 11 is 0. The lowest BCUT2D eigenvalue weighted by atomic mass is 9.98. The number of nitriles is 2. The van der Waals surface area contributed by atoms with E-state index in [0.717, 1.165) is 0 Å². The van der Waals surface area contributed by atoms with Gasteiger partial charge in [-0.05, 0) is 12.1 Å². The minimum atomic E-state index is -3.91. The molecule has 1 aromatic carbocycles. The number of ether oxygens (including phenoxy) is 2. The minimum absolute atomic E-state index is 0.0107. The quantitative estimate of drug-likeness (QED) is 0.0891. The van der Waals surface area contributed by atoms with Gasteiger partial charge in [0.1, 0.15) is 43.6 Å². The number of benzene rings is 1.